The molecule has 0 spiro atoms. The van der Waals surface area contributed by atoms with Gasteiger partial charge in [0.05, 0.1) is 25.0 Å². The number of anilines is 2. The van der Waals surface area contributed by atoms with Gasteiger partial charge in [-0.2, -0.15) is 0 Å². The van der Waals surface area contributed by atoms with Gasteiger partial charge in [0.15, 0.2) is 0 Å². The lowest BCUT2D eigenvalue weighted by atomic mass is 10.0. The molecular weight excluding hydrogens is 576 g/mol. The van der Waals surface area contributed by atoms with Crippen molar-refractivity contribution in [3.8, 4) is 5.75 Å². The third-order valence-electron chi connectivity index (χ3n) is 6.83. The number of halogens is 1. The lowest BCUT2D eigenvalue weighted by molar-refractivity contribution is -0.130. The summed E-state index contributed by atoms with van der Waals surface area (Å²) in [5.74, 6) is -0.0978. The predicted molar refractivity (Wildman–Crippen MR) is 160 cm³/mol. The number of carbonyl (C=O) groups is 3. The van der Waals surface area contributed by atoms with E-state index in [4.69, 9.17) is 9.47 Å². The number of likely N-dealkylation sites (N-methyl/N-ethyl adjacent to an activating group) is 1. The highest BCUT2D eigenvalue weighted by Crippen LogP contribution is 2.36. The number of fused-ring (bicyclic) bond motifs is 2. The van der Waals surface area contributed by atoms with Crippen LogP contribution in [0.3, 0.4) is 0 Å². The molecule has 1 aliphatic rings. The molecule has 3 amide bonds. The van der Waals surface area contributed by atoms with E-state index in [0.717, 1.165) is 26.5 Å². The Labute approximate surface area is 242 Å². The third kappa shape index (κ3) is 6.17. The van der Waals surface area contributed by atoms with E-state index in [1.165, 1.54) is 11.9 Å². The van der Waals surface area contributed by atoms with Gasteiger partial charge in [0, 0.05) is 23.6 Å². The van der Waals surface area contributed by atoms with Gasteiger partial charge in [0.1, 0.15) is 23.4 Å². The van der Waals surface area contributed by atoms with Gasteiger partial charge >= 0.3 is 6.09 Å². The summed E-state index contributed by atoms with van der Waals surface area (Å²) in [6.45, 7) is 7.27. The maximum atomic E-state index is 14.1. The molecule has 0 bridgehead atoms. The van der Waals surface area contributed by atoms with Crippen LogP contribution in [0.4, 0.5) is 16.2 Å². The predicted octanol–water partition coefficient (Wildman–Crippen LogP) is 5.31. The maximum Gasteiger partial charge on any atom is 0.410 e. The average molecular weight is 612 g/mol. The number of benzene rings is 3. The van der Waals surface area contributed by atoms with Gasteiger partial charge in [-0.1, -0.05) is 40.2 Å². The van der Waals surface area contributed by atoms with Crippen molar-refractivity contribution in [1.29, 1.82) is 0 Å². The fourth-order valence-corrected chi connectivity index (χ4v) is 5.07. The molecule has 1 aliphatic heterocycles. The van der Waals surface area contributed by atoms with Crippen molar-refractivity contribution < 1.29 is 23.9 Å². The number of para-hydroxylation sites is 2. The fourth-order valence-electron chi connectivity index (χ4n) is 4.58. The SMILES string of the molecule is COc1ccc2c(Br)cccc2c1CN1C(=O)C(NC(=O)C(C)N(C)C(=O)OC(C)(C)C)CNc2ccccc21. The molecule has 2 unspecified atom stereocenters. The van der Waals surface area contributed by atoms with E-state index >= 15 is 0 Å². The van der Waals surface area contributed by atoms with Gasteiger partial charge in [-0.25, -0.2) is 4.79 Å². The molecule has 0 fully saturated rings. The zero-order valence-corrected chi connectivity index (χ0v) is 25.2. The van der Waals surface area contributed by atoms with Crippen molar-refractivity contribution in [2.45, 2.75) is 51.9 Å². The first-order valence-corrected chi connectivity index (χ1v) is 13.8. The molecule has 0 saturated carbocycles. The lowest BCUT2D eigenvalue weighted by Gasteiger charge is -2.30. The summed E-state index contributed by atoms with van der Waals surface area (Å²) in [6.07, 6.45) is -0.622. The monoisotopic (exact) mass is 610 g/mol. The first kappa shape index (κ1) is 29.2. The average Bonchev–Trinajstić information content (AvgIpc) is 3.04. The highest BCUT2D eigenvalue weighted by Gasteiger charge is 2.35. The van der Waals surface area contributed by atoms with E-state index in [1.54, 1.807) is 39.7 Å². The highest BCUT2D eigenvalue weighted by atomic mass is 79.9. The molecule has 40 heavy (non-hydrogen) atoms. The van der Waals surface area contributed by atoms with Gasteiger partial charge < -0.3 is 25.0 Å². The van der Waals surface area contributed by atoms with Crippen LogP contribution in [0, 0.1) is 0 Å². The van der Waals surface area contributed by atoms with E-state index in [-0.39, 0.29) is 19.0 Å². The van der Waals surface area contributed by atoms with Crippen LogP contribution in [0.1, 0.15) is 33.3 Å². The maximum absolute atomic E-state index is 14.1. The summed E-state index contributed by atoms with van der Waals surface area (Å²) in [5, 5.41) is 8.10. The molecule has 3 aromatic rings. The molecule has 0 aliphatic carbocycles. The van der Waals surface area contributed by atoms with Gasteiger partial charge in [-0.05, 0) is 68.8 Å². The van der Waals surface area contributed by atoms with Crippen molar-refractivity contribution in [3.05, 3.63) is 64.6 Å². The topological polar surface area (TPSA) is 100 Å². The molecule has 4 rings (SSSR count). The number of amides is 3. The Hall–Kier alpha value is -3.79. The normalized spacial score (nSPS) is 15.9. The summed E-state index contributed by atoms with van der Waals surface area (Å²) < 4.78 is 12.0. The minimum atomic E-state index is -0.887. The second-order valence-corrected chi connectivity index (χ2v) is 11.6. The largest absolute Gasteiger partial charge is 0.496 e. The minimum Gasteiger partial charge on any atom is -0.496 e. The van der Waals surface area contributed by atoms with Crippen molar-refractivity contribution in [2.24, 2.45) is 0 Å². The summed E-state index contributed by atoms with van der Waals surface area (Å²) in [6, 6.07) is 15.6. The molecule has 3 aromatic carbocycles. The van der Waals surface area contributed by atoms with Gasteiger partial charge in [-0.15, -0.1) is 0 Å². The Bertz CT molecular complexity index is 1440. The van der Waals surface area contributed by atoms with Crippen LogP contribution in [0.2, 0.25) is 0 Å². The first-order valence-electron chi connectivity index (χ1n) is 13.1. The summed E-state index contributed by atoms with van der Waals surface area (Å²) in [4.78, 5) is 42.8. The Balaban J connectivity index is 1.65. The molecule has 212 valence electrons. The van der Waals surface area contributed by atoms with Gasteiger partial charge in [0.25, 0.3) is 5.91 Å². The molecule has 0 aromatic heterocycles. The summed E-state index contributed by atoms with van der Waals surface area (Å²) in [7, 11) is 3.10. The second-order valence-electron chi connectivity index (χ2n) is 10.7. The molecule has 2 N–H and O–H groups in total. The lowest BCUT2D eigenvalue weighted by Crippen LogP contribution is -2.55. The Morgan fingerprint density at radius 2 is 1.85 bits per heavy atom. The standard InChI is InChI=1S/C30H35BrN4O5/c1-18(34(5)29(38)40-30(2,3)4)27(36)33-24-16-32-23-12-7-8-13-25(23)35(28(24)37)17-21-19-10-9-11-22(31)20(19)14-15-26(21)39-6/h7-15,18,24,32H,16-17H2,1-6H3,(H,33,36). The van der Waals surface area contributed by atoms with Crippen molar-refractivity contribution in [3.63, 3.8) is 0 Å². The van der Waals surface area contributed by atoms with Crippen LogP contribution in [0.25, 0.3) is 10.8 Å². The van der Waals surface area contributed by atoms with E-state index < -0.39 is 29.7 Å². The summed E-state index contributed by atoms with van der Waals surface area (Å²) >= 11 is 3.62. The zero-order chi connectivity index (χ0) is 29.2. The third-order valence-corrected chi connectivity index (χ3v) is 7.52. The summed E-state index contributed by atoms with van der Waals surface area (Å²) in [5.41, 5.74) is 1.60. The number of nitrogens with one attached hydrogen (secondary N) is 2. The molecule has 9 nitrogen and oxygen atoms in total. The number of nitrogens with zero attached hydrogens (tertiary/aromatic N) is 2. The van der Waals surface area contributed by atoms with E-state index in [2.05, 4.69) is 26.6 Å². The smallest absolute Gasteiger partial charge is 0.410 e. The number of carbonyl (C=O) groups excluding carboxylic acids is 3. The van der Waals surface area contributed by atoms with Crippen LogP contribution in [0.15, 0.2) is 59.1 Å². The molecular formula is C30H35BrN4O5. The van der Waals surface area contributed by atoms with Crippen LogP contribution in [0.5, 0.6) is 5.75 Å². The van der Waals surface area contributed by atoms with Gasteiger partial charge in [-0.3, -0.25) is 14.5 Å². The van der Waals surface area contributed by atoms with E-state index in [9.17, 15) is 14.4 Å². The van der Waals surface area contributed by atoms with E-state index in [0.29, 0.717) is 11.4 Å². The second kappa shape index (κ2) is 11.8. The van der Waals surface area contributed by atoms with Crippen LogP contribution in [-0.4, -0.2) is 61.2 Å². The molecule has 0 saturated heterocycles. The van der Waals surface area contributed by atoms with Crippen molar-refractivity contribution >= 4 is 56.0 Å². The molecule has 1 heterocycles. The molecule has 2 atom stereocenters. The van der Waals surface area contributed by atoms with Gasteiger partial charge in [0.2, 0.25) is 5.91 Å². The highest BCUT2D eigenvalue weighted by molar-refractivity contribution is 9.10. The number of ether oxygens (including phenoxy) is 2. The number of hydrogen-bond acceptors (Lipinski definition) is 6. The fraction of sp³-hybridized carbons (Fsp3) is 0.367. The number of methoxy groups -OCH3 is 1. The van der Waals surface area contributed by atoms with Crippen LogP contribution in [-0.2, 0) is 20.9 Å². The Kier molecular flexibility index (Phi) is 8.58. The number of hydrogen-bond donors (Lipinski definition) is 2. The van der Waals surface area contributed by atoms with Crippen molar-refractivity contribution in [2.75, 3.05) is 30.9 Å². The number of rotatable bonds is 6. The van der Waals surface area contributed by atoms with Crippen LogP contribution < -0.4 is 20.3 Å². The van der Waals surface area contributed by atoms with E-state index in [1.807, 2.05) is 54.6 Å². The Morgan fingerprint density at radius 1 is 1.12 bits per heavy atom. The Morgan fingerprint density at radius 3 is 2.55 bits per heavy atom. The minimum absolute atomic E-state index is 0.180. The van der Waals surface area contributed by atoms with Crippen molar-refractivity contribution in [1.82, 2.24) is 10.2 Å². The first-order chi connectivity index (χ1) is 18.9. The van der Waals surface area contributed by atoms with Crippen LogP contribution >= 0.6 is 15.9 Å². The molecule has 10 heteroatoms. The quantitative estimate of drug-likeness (QED) is 0.392. The zero-order valence-electron chi connectivity index (χ0n) is 23.6. The molecule has 0 radical (unpaired) electrons.